The van der Waals surface area contributed by atoms with Crippen molar-refractivity contribution in [2.45, 2.75) is 18.9 Å². The van der Waals surface area contributed by atoms with Gasteiger partial charge < -0.3 is 19.9 Å². The SMILES string of the molecule is COc1ccc(N(C)C(=O)C2Cc3cccc(c3)/C=C\c3[nH]c4ccccc4c3CC(=O)N2)cc1. The van der Waals surface area contributed by atoms with E-state index in [9.17, 15) is 9.59 Å². The minimum atomic E-state index is -0.707. The maximum Gasteiger partial charge on any atom is 0.249 e. The number of hydrogen-bond donors (Lipinski definition) is 2. The molecule has 1 unspecified atom stereocenters. The maximum atomic E-state index is 13.6. The molecular weight excluding hydrogens is 438 g/mol. The van der Waals surface area contributed by atoms with E-state index in [4.69, 9.17) is 4.74 Å². The van der Waals surface area contributed by atoms with Crippen molar-refractivity contribution in [3.63, 3.8) is 0 Å². The zero-order chi connectivity index (χ0) is 24.4. The first-order valence-electron chi connectivity index (χ1n) is 11.6. The van der Waals surface area contributed by atoms with Crippen molar-refractivity contribution in [3.05, 3.63) is 95.2 Å². The third-order valence-corrected chi connectivity index (χ3v) is 6.44. The number of para-hydroxylation sites is 1. The minimum absolute atomic E-state index is 0.174. The first kappa shape index (κ1) is 22.5. The number of aromatic nitrogens is 1. The second kappa shape index (κ2) is 9.50. The van der Waals surface area contributed by atoms with E-state index in [1.54, 1.807) is 19.1 Å². The van der Waals surface area contributed by atoms with Crippen LogP contribution in [0, 0.1) is 0 Å². The van der Waals surface area contributed by atoms with Gasteiger partial charge in [-0.2, -0.15) is 0 Å². The van der Waals surface area contributed by atoms with Crippen LogP contribution < -0.4 is 15.0 Å². The second-order valence-electron chi connectivity index (χ2n) is 8.74. The van der Waals surface area contributed by atoms with Gasteiger partial charge in [0.25, 0.3) is 0 Å². The van der Waals surface area contributed by atoms with Gasteiger partial charge in [0.1, 0.15) is 11.8 Å². The third kappa shape index (κ3) is 4.68. The van der Waals surface area contributed by atoms with E-state index in [-0.39, 0.29) is 18.2 Å². The van der Waals surface area contributed by atoms with Crippen molar-refractivity contribution in [3.8, 4) is 5.75 Å². The predicted octanol–water partition coefficient (Wildman–Crippen LogP) is 4.59. The van der Waals surface area contributed by atoms with Gasteiger partial charge in [0.15, 0.2) is 0 Å². The molecule has 176 valence electrons. The van der Waals surface area contributed by atoms with Gasteiger partial charge >= 0.3 is 0 Å². The maximum absolute atomic E-state index is 13.6. The number of ether oxygens (including phenoxy) is 1. The van der Waals surface area contributed by atoms with Crippen molar-refractivity contribution < 1.29 is 14.3 Å². The number of methoxy groups -OCH3 is 1. The number of fused-ring (bicyclic) bond motifs is 5. The van der Waals surface area contributed by atoms with Crippen molar-refractivity contribution in [2.75, 3.05) is 19.1 Å². The van der Waals surface area contributed by atoms with Crippen molar-refractivity contribution in [1.29, 1.82) is 0 Å². The highest BCUT2D eigenvalue weighted by molar-refractivity contribution is 6.00. The third-order valence-electron chi connectivity index (χ3n) is 6.44. The van der Waals surface area contributed by atoms with Crippen LogP contribution in [0.2, 0.25) is 0 Å². The zero-order valence-corrected chi connectivity index (χ0v) is 19.7. The number of nitrogens with one attached hydrogen (secondary N) is 2. The lowest BCUT2D eigenvalue weighted by atomic mass is 9.99. The molecule has 2 amide bonds. The van der Waals surface area contributed by atoms with E-state index in [1.165, 1.54) is 0 Å². The topological polar surface area (TPSA) is 74.4 Å². The van der Waals surface area contributed by atoms with E-state index in [0.29, 0.717) is 12.2 Å². The Morgan fingerprint density at radius 3 is 2.60 bits per heavy atom. The quantitative estimate of drug-likeness (QED) is 0.465. The Hall–Kier alpha value is -4.32. The number of amides is 2. The number of nitrogens with zero attached hydrogens (tertiary/aromatic N) is 1. The largest absolute Gasteiger partial charge is 0.497 e. The first-order valence-corrected chi connectivity index (χ1v) is 11.6. The molecule has 2 N–H and O–H groups in total. The molecule has 1 aromatic heterocycles. The van der Waals surface area contributed by atoms with Crippen LogP contribution in [0.4, 0.5) is 5.69 Å². The van der Waals surface area contributed by atoms with Gasteiger partial charge in [-0.15, -0.1) is 0 Å². The average Bonchev–Trinajstić information content (AvgIpc) is 3.23. The molecule has 2 bridgehead atoms. The van der Waals surface area contributed by atoms with Gasteiger partial charge in [-0.3, -0.25) is 9.59 Å². The summed E-state index contributed by atoms with van der Waals surface area (Å²) in [6.07, 6.45) is 4.63. The molecule has 2 heterocycles. The molecule has 0 aliphatic carbocycles. The second-order valence-corrected chi connectivity index (χ2v) is 8.74. The lowest BCUT2D eigenvalue weighted by Crippen LogP contribution is -2.49. The Bertz CT molecular complexity index is 1420. The van der Waals surface area contributed by atoms with Crippen molar-refractivity contribution >= 4 is 40.6 Å². The van der Waals surface area contributed by atoms with Crippen LogP contribution in [-0.2, 0) is 22.4 Å². The Balaban J connectivity index is 1.51. The summed E-state index contributed by atoms with van der Waals surface area (Å²) in [4.78, 5) is 31.8. The lowest BCUT2D eigenvalue weighted by molar-refractivity contribution is -0.127. The van der Waals surface area contributed by atoms with E-state index in [2.05, 4.69) is 16.4 Å². The smallest absolute Gasteiger partial charge is 0.249 e. The summed E-state index contributed by atoms with van der Waals surface area (Å²) in [5.41, 5.74) is 5.53. The molecule has 6 nitrogen and oxygen atoms in total. The molecule has 35 heavy (non-hydrogen) atoms. The molecule has 0 radical (unpaired) electrons. The summed E-state index contributed by atoms with van der Waals surface area (Å²) in [6, 6.07) is 22.6. The highest BCUT2D eigenvalue weighted by atomic mass is 16.5. The molecule has 3 aromatic carbocycles. The molecule has 6 heteroatoms. The van der Waals surface area contributed by atoms with Gasteiger partial charge in [-0.25, -0.2) is 0 Å². The van der Waals surface area contributed by atoms with Crippen LogP contribution in [0.5, 0.6) is 5.75 Å². The van der Waals surface area contributed by atoms with Crippen LogP contribution in [-0.4, -0.2) is 37.0 Å². The van der Waals surface area contributed by atoms with Crippen LogP contribution in [0.1, 0.15) is 22.4 Å². The number of likely N-dealkylation sites (N-methyl/N-ethyl adjacent to an activating group) is 1. The molecule has 0 saturated heterocycles. The van der Waals surface area contributed by atoms with Gasteiger partial charge in [0.05, 0.1) is 13.5 Å². The Morgan fingerprint density at radius 1 is 1.00 bits per heavy atom. The van der Waals surface area contributed by atoms with E-state index >= 15 is 0 Å². The number of anilines is 1. The minimum Gasteiger partial charge on any atom is -0.497 e. The fourth-order valence-electron chi connectivity index (χ4n) is 4.57. The van der Waals surface area contributed by atoms with Crippen LogP contribution in [0.15, 0.2) is 72.8 Å². The fourth-order valence-corrected chi connectivity index (χ4v) is 4.57. The molecule has 1 aliphatic heterocycles. The van der Waals surface area contributed by atoms with Crippen LogP contribution in [0.3, 0.4) is 0 Å². The van der Waals surface area contributed by atoms with E-state index < -0.39 is 6.04 Å². The Kier molecular flexibility index (Phi) is 6.10. The molecule has 4 aromatic rings. The zero-order valence-electron chi connectivity index (χ0n) is 19.7. The van der Waals surface area contributed by atoms with Gasteiger partial charge in [0, 0.05) is 35.8 Å². The molecular formula is C29H27N3O3. The molecule has 0 spiro atoms. The number of hydrogen-bond acceptors (Lipinski definition) is 3. The summed E-state index contributed by atoms with van der Waals surface area (Å²) < 4.78 is 5.23. The Morgan fingerprint density at radius 2 is 1.80 bits per heavy atom. The number of carbonyl (C=O) groups is 2. The highest BCUT2D eigenvalue weighted by Crippen LogP contribution is 2.26. The molecule has 1 atom stereocenters. The number of rotatable bonds is 3. The number of H-pyrrole nitrogens is 1. The Labute approximate surface area is 204 Å². The predicted molar refractivity (Wildman–Crippen MR) is 139 cm³/mol. The average molecular weight is 466 g/mol. The molecule has 1 aliphatic rings. The number of benzene rings is 3. The fraction of sp³-hybridized carbons (Fsp3) is 0.172. The summed E-state index contributed by atoms with van der Waals surface area (Å²) >= 11 is 0. The first-order chi connectivity index (χ1) is 17.0. The summed E-state index contributed by atoms with van der Waals surface area (Å²) in [5, 5.41) is 4.03. The van der Waals surface area contributed by atoms with Gasteiger partial charge in [-0.1, -0.05) is 48.5 Å². The highest BCUT2D eigenvalue weighted by Gasteiger charge is 2.26. The molecule has 0 saturated carbocycles. The van der Waals surface area contributed by atoms with Gasteiger partial charge in [0.2, 0.25) is 11.8 Å². The van der Waals surface area contributed by atoms with E-state index in [0.717, 1.165) is 39.0 Å². The number of aromatic amines is 1. The summed E-state index contributed by atoms with van der Waals surface area (Å²) in [7, 11) is 3.33. The summed E-state index contributed by atoms with van der Waals surface area (Å²) in [5.74, 6) is 0.344. The summed E-state index contributed by atoms with van der Waals surface area (Å²) in [6.45, 7) is 0. The normalized spacial score (nSPS) is 16.4. The number of carbonyl (C=O) groups excluding carboxylic acids is 2. The molecule has 5 rings (SSSR count). The monoisotopic (exact) mass is 465 g/mol. The van der Waals surface area contributed by atoms with Gasteiger partial charge in [-0.05, 0) is 53.1 Å². The van der Waals surface area contributed by atoms with Crippen LogP contribution >= 0.6 is 0 Å². The van der Waals surface area contributed by atoms with Crippen LogP contribution in [0.25, 0.3) is 23.1 Å². The lowest BCUT2D eigenvalue weighted by Gasteiger charge is -2.25. The van der Waals surface area contributed by atoms with E-state index in [1.807, 2.05) is 78.9 Å². The molecule has 0 fully saturated rings. The standard InChI is InChI=1S/C29H27N3O3/c1-32(21-11-13-22(35-2)14-12-21)29(34)27-17-20-7-5-6-19(16-20)10-15-26-24(18-28(33)31-27)23-8-3-4-9-25(23)30-26/h3-16,27,30H,17-18H2,1-2H3,(H,31,33)/b15-10-. The van der Waals surface area contributed by atoms with Crippen molar-refractivity contribution in [1.82, 2.24) is 10.3 Å². The van der Waals surface area contributed by atoms with Crippen molar-refractivity contribution in [2.24, 2.45) is 0 Å².